The molecule has 1 amide bonds. The smallest absolute Gasteiger partial charge is 0.317 e. The van der Waals surface area contributed by atoms with Crippen molar-refractivity contribution in [3.8, 4) is 0 Å². The van der Waals surface area contributed by atoms with Gasteiger partial charge in [-0.2, -0.15) is 0 Å². The number of carbonyl (C=O) groups is 4. The van der Waals surface area contributed by atoms with Gasteiger partial charge in [-0.05, 0) is 40.0 Å². The van der Waals surface area contributed by atoms with Crippen LogP contribution in [0.4, 0.5) is 0 Å². The minimum atomic E-state index is -0.877. The number of carbonyl (C=O) groups excluding carboxylic acids is 2. The minimum absolute atomic E-state index is 0.0571. The monoisotopic (exact) mass is 571 g/mol. The van der Waals surface area contributed by atoms with E-state index in [4.69, 9.17) is 0 Å². The first kappa shape index (κ1) is 35.9. The van der Waals surface area contributed by atoms with Crippen molar-refractivity contribution >= 4 is 24.1 Å². The van der Waals surface area contributed by atoms with Crippen LogP contribution >= 0.6 is 0 Å². The van der Waals surface area contributed by atoms with Crippen LogP contribution in [0.2, 0.25) is 0 Å². The normalized spacial score (nSPS) is 17.4. The lowest BCUT2D eigenvalue weighted by Gasteiger charge is -2.34. The van der Waals surface area contributed by atoms with Gasteiger partial charge in [0.15, 0.2) is 0 Å². The Labute approximate surface area is 240 Å². The lowest BCUT2D eigenvalue weighted by Crippen LogP contribution is -2.49. The Hall–Kier alpha value is -2.16. The van der Waals surface area contributed by atoms with Gasteiger partial charge in [0.1, 0.15) is 6.29 Å². The van der Waals surface area contributed by atoms with Gasteiger partial charge in [-0.15, -0.1) is 0 Å². The van der Waals surface area contributed by atoms with Crippen molar-refractivity contribution in [2.75, 3.05) is 126 Å². The number of hydrogen-bond acceptors (Lipinski definition) is 10. The minimum Gasteiger partial charge on any atom is -0.480 e. The summed E-state index contributed by atoms with van der Waals surface area (Å²) in [5.41, 5.74) is 0. The number of nitrogens with zero attached hydrogens (tertiary/aromatic N) is 7. The Morgan fingerprint density at radius 3 is 1.55 bits per heavy atom. The summed E-state index contributed by atoms with van der Waals surface area (Å²) in [5.74, 6) is -1.58. The molecule has 0 atom stereocenters. The van der Waals surface area contributed by atoms with Gasteiger partial charge in [-0.3, -0.25) is 38.9 Å². The van der Waals surface area contributed by atoms with Gasteiger partial charge in [0.05, 0.1) is 26.3 Å². The maximum absolute atomic E-state index is 11.7. The standard InChI is InChI=1S/C27H53N7O6/c1-5-25(36)30(4)11-7-9-28(2)8-6-10-29(3)24-34-18-16-32(22-26(37)38)14-12-31(20-21-35)13-15-33(17-19-34)23-27(39)40/h21H,5-20,22-24H2,1-4H3,(H,37,38)(H,39,40). The van der Waals surface area contributed by atoms with Crippen molar-refractivity contribution in [2.24, 2.45) is 0 Å². The number of amides is 1. The van der Waals surface area contributed by atoms with Gasteiger partial charge in [0, 0.05) is 78.9 Å². The summed E-state index contributed by atoms with van der Waals surface area (Å²) in [5, 5.41) is 18.8. The van der Waals surface area contributed by atoms with Crippen molar-refractivity contribution in [1.82, 2.24) is 34.3 Å². The number of rotatable bonds is 17. The van der Waals surface area contributed by atoms with Gasteiger partial charge >= 0.3 is 11.9 Å². The molecule has 2 N–H and O–H groups in total. The third kappa shape index (κ3) is 16.8. The highest BCUT2D eigenvalue weighted by Crippen LogP contribution is 2.03. The zero-order valence-electron chi connectivity index (χ0n) is 25.2. The summed E-state index contributed by atoms with van der Waals surface area (Å²) in [6.07, 6.45) is 3.30. The van der Waals surface area contributed by atoms with Crippen LogP contribution in [0.25, 0.3) is 0 Å². The number of aliphatic carboxylic acids is 2. The average Bonchev–Trinajstić information content (AvgIpc) is 2.88. The molecule has 1 aliphatic heterocycles. The quantitative estimate of drug-likeness (QED) is 0.209. The number of carboxylic acid groups (broad SMARTS) is 2. The predicted molar refractivity (Wildman–Crippen MR) is 154 cm³/mol. The first-order valence-electron chi connectivity index (χ1n) is 14.4. The van der Waals surface area contributed by atoms with Gasteiger partial charge in [0.2, 0.25) is 5.91 Å². The summed E-state index contributed by atoms with van der Waals surface area (Å²) in [6, 6.07) is 0. The van der Waals surface area contributed by atoms with Gasteiger partial charge < -0.3 is 24.8 Å². The van der Waals surface area contributed by atoms with Crippen LogP contribution in [0.5, 0.6) is 0 Å². The molecule has 40 heavy (non-hydrogen) atoms. The molecule has 0 radical (unpaired) electrons. The predicted octanol–water partition coefficient (Wildman–Crippen LogP) is -0.954. The summed E-state index contributed by atoms with van der Waals surface area (Å²) in [7, 11) is 6.02. The molecule has 0 bridgehead atoms. The van der Waals surface area contributed by atoms with E-state index in [2.05, 4.69) is 28.8 Å². The molecule has 0 saturated carbocycles. The second kappa shape index (κ2) is 20.7. The first-order valence-corrected chi connectivity index (χ1v) is 14.4. The lowest BCUT2D eigenvalue weighted by molar-refractivity contribution is -0.139. The average molecular weight is 572 g/mol. The highest BCUT2D eigenvalue weighted by molar-refractivity contribution is 5.75. The van der Waals surface area contributed by atoms with E-state index < -0.39 is 11.9 Å². The zero-order valence-corrected chi connectivity index (χ0v) is 25.2. The third-order valence-corrected chi connectivity index (χ3v) is 7.26. The van der Waals surface area contributed by atoms with Crippen LogP contribution in [-0.4, -0.2) is 195 Å². The molecule has 0 aromatic carbocycles. The van der Waals surface area contributed by atoms with Crippen LogP contribution in [0.15, 0.2) is 0 Å². The highest BCUT2D eigenvalue weighted by atomic mass is 16.4. The van der Waals surface area contributed by atoms with Gasteiger partial charge in [-0.1, -0.05) is 6.92 Å². The Kier molecular flexibility index (Phi) is 18.5. The van der Waals surface area contributed by atoms with Gasteiger partial charge in [0.25, 0.3) is 0 Å². The van der Waals surface area contributed by atoms with Crippen LogP contribution in [0.1, 0.15) is 26.2 Å². The molecule has 13 nitrogen and oxygen atoms in total. The second-order valence-electron chi connectivity index (χ2n) is 10.8. The van der Waals surface area contributed by atoms with Crippen molar-refractivity contribution in [3.05, 3.63) is 0 Å². The van der Waals surface area contributed by atoms with E-state index >= 15 is 0 Å². The third-order valence-electron chi connectivity index (χ3n) is 7.26. The summed E-state index contributed by atoms with van der Waals surface area (Å²) >= 11 is 0. The topological polar surface area (TPSA) is 131 Å². The van der Waals surface area contributed by atoms with E-state index in [0.717, 1.165) is 45.3 Å². The largest absolute Gasteiger partial charge is 0.480 e. The molecule has 1 saturated heterocycles. The Balaban J connectivity index is 2.66. The molecule has 232 valence electrons. The van der Waals surface area contributed by atoms with Crippen molar-refractivity contribution in [1.29, 1.82) is 0 Å². The molecule has 0 aromatic heterocycles. The van der Waals surface area contributed by atoms with E-state index in [9.17, 15) is 29.4 Å². The fraction of sp³-hybridized carbons (Fsp3) is 0.852. The van der Waals surface area contributed by atoms with E-state index in [1.807, 2.05) is 28.7 Å². The summed E-state index contributed by atoms with van der Waals surface area (Å²) in [4.78, 5) is 60.1. The molecule has 1 aliphatic rings. The van der Waals surface area contributed by atoms with Crippen LogP contribution in [0.3, 0.4) is 0 Å². The second-order valence-corrected chi connectivity index (χ2v) is 10.8. The number of hydrogen-bond donors (Lipinski definition) is 2. The maximum Gasteiger partial charge on any atom is 0.317 e. The Morgan fingerprint density at radius 2 is 1.10 bits per heavy atom. The van der Waals surface area contributed by atoms with E-state index in [1.54, 1.807) is 4.90 Å². The molecule has 1 rings (SSSR count). The lowest BCUT2D eigenvalue weighted by atomic mass is 10.3. The SMILES string of the molecule is CCC(=O)N(C)CCCN(C)CCCN(C)CN1CCN(CC(=O)O)CCN(CC=O)CCN(CC(=O)O)CC1. The summed E-state index contributed by atoms with van der Waals surface area (Å²) < 4.78 is 0. The summed E-state index contributed by atoms with van der Waals surface area (Å²) in [6.45, 7) is 10.9. The molecule has 1 fully saturated rings. The van der Waals surface area contributed by atoms with Crippen LogP contribution < -0.4 is 0 Å². The first-order chi connectivity index (χ1) is 19.0. The molecule has 0 aliphatic carbocycles. The molecular formula is C27H53N7O6. The molecular weight excluding hydrogens is 518 g/mol. The molecule has 13 heteroatoms. The zero-order chi connectivity index (χ0) is 29.9. The fourth-order valence-corrected chi connectivity index (χ4v) is 4.81. The number of carboxylic acids is 2. The number of aldehydes is 1. The van der Waals surface area contributed by atoms with Crippen molar-refractivity contribution in [3.63, 3.8) is 0 Å². The molecule has 0 unspecified atom stereocenters. The van der Waals surface area contributed by atoms with E-state index in [0.29, 0.717) is 65.4 Å². The fourth-order valence-electron chi connectivity index (χ4n) is 4.81. The van der Waals surface area contributed by atoms with E-state index in [-0.39, 0.29) is 25.5 Å². The molecule has 0 spiro atoms. The molecule has 0 aromatic rings. The van der Waals surface area contributed by atoms with Crippen LogP contribution in [-0.2, 0) is 19.2 Å². The maximum atomic E-state index is 11.7. The van der Waals surface area contributed by atoms with Crippen molar-refractivity contribution in [2.45, 2.75) is 26.2 Å². The molecule has 1 heterocycles. The van der Waals surface area contributed by atoms with Crippen LogP contribution in [0, 0.1) is 0 Å². The van der Waals surface area contributed by atoms with Gasteiger partial charge in [-0.25, -0.2) is 0 Å². The van der Waals surface area contributed by atoms with Crippen molar-refractivity contribution < 1.29 is 29.4 Å². The highest BCUT2D eigenvalue weighted by Gasteiger charge is 2.19. The Morgan fingerprint density at radius 1 is 0.675 bits per heavy atom. The van der Waals surface area contributed by atoms with E-state index in [1.165, 1.54) is 0 Å². The Bertz CT molecular complexity index is 727.